The molecule has 0 amide bonds. The minimum atomic E-state index is -0.914. The summed E-state index contributed by atoms with van der Waals surface area (Å²) in [6.07, 6.45) is 1.66. The number of carbonyl (C=O) groups excluding carboxylic acids is 1. The quantitative estimate of drug-likeness (QED) is 0.737. The Morgan fingerprint density at radius 3 is 2.79 bits per heavy atom. The second-order valence-corrected chi connectivity index (χ2v) is 3.82. The van der Waals surface area contributed by atoms with E-state index in [1.807, 2.05) is 0 Å². The third-order valence-corrected chi connectivity index (χ3v) is 2.53. The summed E-state index contributed by atoms with van der Waals surface area (Å²) in [6, 6.07) is 0. The van der Waals surface area contributed by atoms with E-state index in [1.165, 1.54) is 0 Å². The minimum Gasteiger partial charge on any atom is -0.481 e. The SMILES string of the molecule is CC(CC(=O)O)C(=O)C1CCCOC1. The molecule has 1 aliphatic heterocycles. The van der Waals surface area contributed by atoms with E-state index in [1.54, 1.807) is 6.92 Å². The number of carboxylic acid groups (broad SMARTS) is 1. The Hall–Kier alpha value is -0.900. The number of rotatable bonds is 4. The number of Topliss-reactive ketones (excluding diaryl/α,β-unsaturated/α-hetero) is 1. The molecule has 1 saturated heterocycles. The zero-order chi connectivity index (χ0) is 10.6. The van der Waals surface area contributed by atoms with Crippen LogP contribution < -0.4 is 0 Å². The molecule has 0 saturated carbocycles. The van der Waals surface area contributed by atoms with Gasteiger partial charge in [-0.1, -0.05) is 6.92 Å². The lowest BCUT2D eigenvalue weighted by Gasteiger charge is -2.23. The van der Waals surface area contributed by atoms with Crippen LogP contribution in [0.2, 0.25) is 0 Å². The Labute approximate surface area is 83.2 Å². The van der Waals surface area contributed by atoms with Crippen molar-refractivity contribution < 1.29 is 19.4 Å². The molecule has 14 heavy (non-hydrogen) atoms. The monoisotopic (exact) mass is 200 g/mol. The van der Waals surface area contributed by atoms with Gasteiger partial charge in [0.2, 0.25) is 0 Å². The van der Waals surface area contributed by atoms with E-state index in [2.05, 4.69) is 0 Å². The highest BCUT2D eigenvalue weighted by Gasteiger charge is 2.27. The fraction of sp³-hybridized carbons (Fsp3) is 0.800. The van der Waals surface area contributed by atoms with Crippen LogP contribution in [0, 0.1) is 11.8 Å². The second kappa shape index (κ2) is 5.10. The Bertz CT molecular complexity index is 218. The molecule has 0 aromatic rings. The van der Waals surface area contributed by atoms with Gasteiger partial charge in [0.1, 0.15) is 5.78 Å². The standard InChI is InChI=1S/C10H16O4/c1-7(5-9(11)12)10(13)8-3-2-4-14-6-8/h7-8H,2-6H2,1H3,(H,11,12). The van der Waals surface area contributed by atoms with E-state index in [0.717, 1.165) is 19.4 Å². The molecule has 0 aliphatic carbocycles. The van der Waals surface area contributed by atoms with Crippen molar-refractivity contribution in [3.8, 4) is 0 Å². The van der Waals surface area contributed by atoms with Crippen molar-refractivity contribution in [2.45, 2.75) is 26.2 Å². The van der Waals surface area contributed by atoms with Gasteiger partial charge in [-0.25, -0.2) is 0 Å². The topological polar surface area (TPSA) is 63.6 Å². The fourth-order valence-corrected chi connectivity index (χ4v) is 1.73. The summed E-state index contributed by atoms with van der Waals surface area (Å²) in [7, 11) is 0. The predicted octanol–water partition coefficient (Wildman–Crippen LogP) is 1.09. The van der Waals surface area contributed by atoms with E-state index >= 15 is 0 Å². The highest BCUT2D eigenvalue weighted by Crippen LogP contribution is 2.19. The molecule has 1 N–H and O–H groups in total. The van der Waals surface area contributed by atoms with Gasteiger partial charge in [-0.3, -0.25) is 9.59 Å². The van der Waals surface area contributed by atoms with Crippen molar-refractivity contribution in [2.24, 2.45) is 11.8 Å². The van der Waals surface area contributed by atoms with E-state index in [0.29, 0.717) is 6.61 Å². The third-order valence-electron chi connectivity index (χ3n) is 2.53. The van der Waals surface area contributed by atoms with Crippen molar-refractivity contribution in [3.05, 3.63) is 0 Å². The van der Waals surface area contributed by atoms with Crippen LogP contribution in [0.4, 0.5) is 0 Å². The normalized spacial score (nSPS) is 24.2. The molecule has 0 bridgehead atoms. The van der Waals surface area contributed by atoms with Crippen LogP contribution in [0.1, 0.15) is 26.2 Å². The molecule has 1 fully saturated rings. The Morgan fingerprint density at radius 1 is 1.57 bits per heavy atom. The molecular formula is C10H16O4. The highest BCUT2D eigenvalue weighted by molar-refractivity contribution is 5.86. The predicted molar refractivity (Wildman–Crippen MR) is 50.0 cm³/mol. The summed E-state index contributed by atoms with van der Waals surface area (Å²) in [5, 5.41) is 8.55. The summed E-state index contributed by atoms with van der Waals surface area (Å²) >= 11 is 0. The number of ketones is 1. The lowest BCUT2D eigenvalue weighted by atomic mass is 9.88. The summed E-state index contributed by atoms with van der Waals surface area (Å²) in [6.45, 7) is 2.85. The van der Waals surface area contributed by atoms with Crippen molar-refractivity contribution in [3.63, 3.8) is 0 Å². The van der Waals surface area contributed by atoms with Crippen LogP contribution in [0.25, 0.3) is 0 Å². The molecule has 1 rings (SSSR count). The summed E-state index contributed by atoms with van der Waals surface area (Å²) in [4.78, 5) is 22.1. The van der Waals surface area contributed by atoms with Crippen LogP contribution in [-0.4, -0.2) is 30.1 Å². The third kappa shape index (κ3) is 3.10. The van der Waals surface area contributed by atoms with Crippen LogP contribution in [0.3, 0.4) is 0 Å². The fourth-order valence-electron chi connectivity index (χ4n) is 1.73. The molecule has 2 unspecified atom stereocenters. The van der Waals surface area contributed by atoms with Gasteiger partial charge in [0.15, 0.2) is 0 Å². The van der Waals surface area contributed by atoms with Gasteiger partial charge in [0, 0.05) is 18.4 Å². The first-order chi connectivity index (χ1) is 6.61. The maximum atomic E-state index is 11.7. The maximum Gasteiger partial charge on any atom is 0.304 e. The first-order valence-electron chi connectivity index (χ1n) is 4.94. The number of hydrogen-bond acceptors (Lipinski definition) is 3. The lowest BCUT2D eigenvalue weighted by Crippen LogP contribution is -2.30. The molecule has 0 radical (unpaired) electrons. The van der Waals surface area contributed by atoms with Crippen molar-refractivity contribution in [1.29, 1.82) is 0 Å². The maximum absolute atomic E-state index is 11.7. The van der Waals surface area contributed by atoms with Gasteiger partial charge in [-0.15, -0.1) is 0 Å². The van der Waals surface area contributed by atoms with Gasteiger partial charge in [0.25, 0.3) is 0 Å². The Morgan fingerprint density at radius 2 is 2.29 bits per heavy atom. The van der Waals surface area contributed by atoms with E-state index in [-0.39, 0.29) is 24.0 Å². The van der Waals surface area contributed by atoms with Crippen LogP contribution in [0.15, 0.2) is 0 Å². The van der Waals surface area contributed by atoms with Gasteiger partial charge in [-0.05, 0) is 12.8 Å². The van der Waals surface area contributed by atoms with Crippen molar-refractivity contribution >= 4 is 11.8 Å². The molecular weight excluding hydrogens is 184 g/mol. The number of ether oxygens (including phenoxy) is 1. The first-order valence-corrected chi connectivity index (χ1v) is 4.94. The molecule has 0 aromatic heterocycles. The van der Waals surface area contributed by atoms with Crippen molar-refractivity contribution in [2.75, 3.05) is 13.2 Å². The van der Waals surface area contributed by atoms with Gasteiger partial charge < -0.3 is 9.84 Å². The molecule has 0 spiro atoms. The summed E-state index contributed by atoms with van der Waals surface area (Å²) in [5.74, 6) is -1.35. The zero-order valence-electron chi connectivity index (χ0n) is 8.36. The number of aliphatic carboxylic acids is 1. The molecule has 0 aromatic carbocycles. The average Bonchev–Trinajstić information content (AvgIpc) is 2.17. The zero-order valence-corrected chi connectivity index (χ0v) is 8.36. The molecule has 1 aliphatic rings. The molecule has 80 valence electrons. The summed E-state index contributed by atoms with van der Waals surface area (Å²) < 4.78 is 5.19. The average molecular weight is 200 g/mol. The summed E-state index contributed by atoms with van der Waals surface area (Å²) in [5.41, 5.74) is 0. The van der Waals surface area contributed by atoms with Gasteiger partial charge in [-0.2, -0.15) is 0 Å². The largest absolute Gasteiger partial charge is 0.481 e. The van der Waals surface area contributed by atoms with Crippen LogP contribution in [0.5, 0.6) is 0 Å². The smallest absolute Gasteiger partial charge is 0.304 e. The Balaban J connectivity index is 2.42. The van der Waals surface area contributed by atoms with E-state index in [4.69, 9.17) is 9.84 Å². The molecule has 1 heterocycles. The first kappa shape index (κ1) is 11.2. The molecule has 2 atom stereocenters. The number of carboxylic acids is 1. The van der Waals surface area contributed by atoms with Crippen LogP contribution >= 0.6 is 0 Å². The van der Waals surface area contributed by atoms with Gasteiger partial charge in [0.05, 0.1) is 13.0 Å². The lowest BCUT2D eigenvalue weighted by molar-refractivity contribution is -0.142. The molecule has 4 nitrogen and oxygen atoms in total. The second-order valence-electron chi connectivity index (χ2n) is 3.82. The van der Waals surface area contributed by atoms with Crippen molar-refractivity contribution in [1.82, 2.24) is 0 Å². The van der Waals surface area contributed by atoms with E-state index < -0.39 is 5.97 Å². The highest BCUT2D eigenvalue weighted by atomic mass is 16.5. The molecule has 4 heteroatoms. The minimum absolute atomic E-state index is 0.0344. The van der Waals surface area contributed by atoms with Gasteiger partial charge >= 0.3 is 5.97 Å². The number of carbonyl (C=O) groups is 2. The van der Waals surface area contributed by atoms with E-state index in [9.17, 15) is 9.59 Å². The number of hydrogen-bond donors (Lipinski definition) is 1. The van der Waals surface area contributed by atoms with Crippen LogP contribution in [-0.2, 0) is 14.3 Å². The Kier molecular flexibility index (Phi) is 4.07.